The first-order chi connectivity index (χ1) is 11.5. The minimum absolute atomic E-state index is 0. The Morgan fingerprint density at radius 2 is 1.96 bits per heavy atom. The average molecular weight is 520 g/mol. The molecule has 2 aromatic rings. The molecule has 0 amide bonds. The van der Waals surface area contributed by atoms with E-state index < -0.39 is 0 Å². The van der Waals surface area contributed by atoms with Gasteiger partial charge < -0.3 is 10.2 Å². The molecule has 0 atom stereocenters. The van der Waals surface area contributed by atoms with Gasteiger partial charge in [-0.15, -0.1) is 24.0 Å². The first kappa shape index (κ1) is 22.0. The third-order valence-electron chi connectivity index (χ3n) is 3.84. The maximum atomic E-state index is 4.49. The summed E-state index contributed by atoms with van der Waals surface area (Å²) >= 11 is 3.47. The molecule has 1 aromatic carbocycles. The minimum atomic E-state index is 0. The summed E-state index contributed by atoms with van der Waals surface area (Å²) in [6.45, 7) is 6.74. The number of rotatable bonds is 6. The van der Waals surface area contributed by atoms with Crippen LogP contribution in [0.2, 0.25) is 0 Å². The number of hydrogen-bond acceptors (Lipinski definition) is 2. The number of nitrogens with one attached hydrogen (secondary N) is 1. The fourth-order valence-corrected chi connectivity index (χ4v) is 2.92. The summed E-state index contributed by atoms with van der Waals surface area (Å²) in [4.78, 5) is 6.50. The fraction of sp³-hybridized carbons (Fsp3) is 0.444. The summed E-state index contributed by atoms with van der Waals surface area (Å²) < 4.78 is 3.16. The third kappa shape index (κ3) is 6.97. The quantitative estimate of drug-likeness (QED) is 0.272. The van der Waals surface area contributed by atoms with Gasteiger partial charge in [-0.2, -0.15) is 5.10 Å². The second-order valence-corrected chi connectivity index (χ2v) is 6.88. The Morgan fingerprint density at radius 1 is 1.28 bits per heavy atom. The number of aryl methyl sites for hydroxylation is 3. The smallest absolute Gasteiger partial charge is 0.193 e. The van der Waals surface area contributed by atoms with E-state index in [-0.39, 0.29) is 24.0 Å². The molecule has 0 aliphatic heterocycles. The molecular formula is C18H27BrIN5. The van der Waals surface area contributed by atoms with E-state index in [4.69, 9.17) is 0 Å². The van der Waals surface area contributed by atoms with Crippen molar-refractivity contribution in [3.63, 3.8) is 0 Å². The molecule has 5 nitrogen and oxygen atoms in total. The molecule has 1 aromatic heterocycles. The summed E-state index contributed by atoms with van der Waals surface area (Å²) in [5.41, 5.74) is 3.54. The lowest BCUT2D eigenvalue weighted by Crippen LogP contribution is -2.39. The zero-order valence-electron chi connectivity index (χ0n) is 15.3. The van der Waals surface area contributed by atoms with Crippen molar-refractivity contribution < 1.29 is 0 Å². The Hall–Kier alpha value is -1.09. The number of guanidine groups is 1. The van der Waals surface area contributed by atoms with Crippen molar-refractivity contribution in [3.8, 4) is 0 Å². The molecule has 1 N–H and O–H groups in total. The second-order valence-electron chi connectivity index (χ2n) is 5.96. The Bertz CT molecular complexity index is 681. The van der Waals surface area contributed by atoms with Crippen molar-refractivity contribution >= 4 is 45.9 Å². The minimum Gasteiger partial charge on any atom is -0.356 e. The van der Waals surface area contributed by atoms with Crippen LogP contribution in [0.3, 0.4) is 0 Å². The van der Waals surface area contributed by atoms with Crippen molar-refractivity contribution in [2.24, 2.45) is 4.99 Å². The Balaban J connectivity index is 0.00000312. The van der Waals surface area contributed by atoms with Crippen LogP contribution < -0.4 is 5.32 Å². The molecule has 0 radical (unpaired) electrons. The highest BCUT2D eigenvalue weighted by molar-refractivity contribution is 14.0. The molecule has 2 rings (SSSR count). The van der Waals surface area contributed by atoms with Gasteiger partial charge in [0, 0.05) is 43.9 Å². The monoisotopic (exact) mass is 519 g/mol. The van der Waals surface area contributed by atoms with E-state index in [1.54, 1.807) is 0 Å². The lowest BCUT2D eigenvalue weighted by Gasteiger charge is -2.22. The molecule has 1 heterocycles. The summed E-state index contributed by atoms with van der Waals surface area (Å²) in [5, 5.41) is 7.91. The van der Waals surface area contributed by atoms with Gasteiger partial charge in [-0.25, -0.2) is 0 Å². The number of hydrogen-bond donors (Lipinski definition) is 1. The molecule has 0 saturated heterocycles. The van der Waals surface area contributed by atoms with Crippen LogP contribution in [0, 0.1) is 13.8 Å². The molecule has 0 aliphatic rings. The van der Waals surface area contributed by atoms with E-state index in [0.29, 0.717) is 0 Å². The summed E-state index contributed by atoms with van der Waals surface area (Å²) in [5.74, 6) is 0.909. The zero-order valence-corrected chi connectivity index (χ0v) is 19.2. The topological polar surface area (TPSA) is 45.5 Å². The van der Waals surface area contributed by atoms with E-state index in [0.717, 1.165) is 42.2 Å². The molecule has 25 heavy (non-hydrogen) atoms. The Labute approximate surface area is 176 Å². The van der Waals surface area contributed by atoms with Crippen molar-refractivity contribution in [3.05, 3.63) is 51.8 Å². The highest BCUT2D eigenvalue weighted by Gasteiger charge is 2.06. The van der Waals surface area contributed by atoms with Crippen LogP contribution in [0.5, 0.6) is 0 Å². The molecule has 0 aliphatic carbocycles. The standard InChI is InChI=1S/C18H26BrN5.HI/c1-14-12-15(2)24(22-14)11-5-10-21-18(20-3)23(4)13-16-6-8-17(19)9-7-16;/h6-9,12H,5,10-11,13H2,1-4H3,(H,20,21);1H. The number of aliphatic imine (C=N–C) groups is 1. The van der Waals surface area contributed by atoms with E-state index in [1.165, 1.54) is 11.3 Å². The second kappa shape index (κ2) is 10.8. The van der Waals surface area contributed by atoms with Gasteiger partial charge in [0.2, 0.25) is 0 Å². The predicted molar refractivity (Wildman–Crippen MR) is 119 cm³/mol. The van der Waals surface area contributed by atoms with Gasteiger partial charge in [0.05, 0.1) is 5.69 Å². The average Bonchev–Trinajstić information content (AvgIpc) is 2.87. The number of aromatic nitrogens is 2. The van der Waals surface area contributed by atoms with Crippen molar-refractivity contribution in [1.29, 1.82) is 0 Å². The van der Waals surface area contributed by atoms with Crippen molar-refractivity contribution in [2.75, 3.05) is 20.6 Å². The molecule has 7 heteroatoms. The maximum Gasteiger partial charge on any atom is 0.193 e. The highest BCUT2D eigenvalue weighted by atomic mass is 127. The fourth-order valence-electron chi connectivity index (χ4n) is 2.65. The SMILES string of the molecule is CN=C(NCCCn1nc(C)cc1C)N(C)Cc1ccc(Br)cc1.I. The van der Waals surface area contributed by atoms with Gasteiger partial charge in [-0.1, -0.05) is 28.1 Å². The maximum absolute atomic E-state index is 4.49. The third-order valence-corrected chi connectivity index (χ3v) is 4.37. The van der Waals surface area contributed by atoms with Crippen LogP contribution in [0.4, 0.5) is 0 Å². The van der Waals surface area contributed by atoms with Crippen molar-refractivity contribution in [2.45, 2.75) is 33.4 Å². The number of benzene rings is 1. The molecule has 0 unspecified atom stereocenters. The lowest BCUT2D eigenvalue weighted by atomic mass is 10.2. The van der Waals surface area contributed by atoms with Crippen LogP contribution in [-0.4, -0.2) is 41.3 Å². The molecule has 138 valence electrons. The lowest BCUT2D eigenvalue weighted by molar-refractivity contribution is 0.470. The molecular weight excluding hydrogens is 493 g/mol. The normalized spacial score (nSPS) is 11.2. The molecule has 0 spiro atoms. The summed E-state index contributed by atoms with van der Waals surface area (Å²) in [6, 6.07) is 10.5. The van der Waals surface area contributed by atoms with Gasteiger partial charge >= 0.3 is 0 Å². The Morgan fingerprint density at radius 3 is 2.52 bits per heavy atom. The van der Waals surface area contributed by atoms with E-state index in [9.17, 15) is 0 Å². The number of nitrogens with zero attached hydrogens (tertiary/aromatic N) is 4. The summed E-state index contributed by atoms with van der Waals surface area (Å²) in [7, 11) is 3.87. The summed E-state index contributed by atoms with van der Waals surface area (Å²) in [6.07, 6.45) is 1.01. The van der Waals surface area contributed by atoms with Gasteiger partial charge in [0.15, 0.2) is 5.96 Å². The van der Waals surface area contributed by atoms with Crippen LogP contribution in [-0.2, 0) is 13.1 Å². The largest absolute Gasteiger partial charge is 0.356 e. The van der Waals surface area contributed by atoms with Crippen LogP contribution in [0.15, 0.2) is 39.8 Å². The zero-order chi connectivity index (χ0) is 17.5. The highest BCUT2D eigenvalue weighted by Crippen LogP contribution is 2.11. The first-order valence-electron chi connectivity index (χ1n) is 8.17. The van der Waals surface area contributed by atoms with Crippen LogP contribution in [0.25, 0.3) is 0 Å². The van der Waals surface area contributed by atoms with Gasteiger partial charge in [-0.05, 0) is 44.0 Å². The van der Waals surface area contributed by atoms with Gasteiger partial charge in [-0.3, -0.25) is 9.67 Å². The first-order valence-corrected chi connectivity index (χ1v) is 8.96. The molecule has 0 bridgehead atoms. The van der Waals surface area contributed by atoms with Gasteiger partial charge in [0.1, 0.15) is 0 Å². The van der Waals surface area contributed by atoms with E-state index >= 15 is 0 Å². The predicted octanol–water partition coefficient (Wildman–Crippen LogP) is 3.98. The van der Waals surface area contributed by atoms with E-state index in [2.05, 4.69) is 85.2 Å². The Kier molecular flexibility index (Phi) is 9.48. The molecule has 0 saturated carbocycles. The van der Waals surface area contributed by atoms with Crippen LogP contribution in [0.1, 0.15) is 23.4 Å². The van der Waals surface area contributed by atoms with Crippen molar-refractivity contribution in [1.82, 2.24) is 20.0 Å². The van der Waals surface area contributed by atoms with Gasteiger partial charge in [0.25, 0.3) is 0 Å². The number of halogens is 2. The van der Waals surface area contributed by atoms with E-state index in [1.807, 2.05) is 14.0 Å². The molecule has 0 fully saturated rings. The van der Waals surface area contributed by atoms with Crippen LogP contribution >= 0.6 is 39.9 Å².